The molecule has 14 heteroatoms. The molecule has 8 N–H and O–H groups in total. The Hall–Kier alpha value is -3.10. The van der Waals surface area contributed by atoms with E-state index in [4.69, 9.17) is 5.73 Å². The summed E-state index contributed by atoms with van der Waals surface area (Å²) < 4.78 is 0. The Bertz CT molecular complexity index is 975. The SMILES string of the molecule is CC(C)N[C@@H](CC(=O)O)C(=O)N[C@@H](CCC(=O)N1CCC(NC(C)C)(C(=O)N[C@H](C(N)=O)[C@@H](C)O)CC1)C(=O)C(C)C. The minimum absolute atomic E-state index is 0.0319. The van der Waals surface area contributed by atoms with Crippen LogP contribution in [-0.2, 0) is 28.8 Å². The maximum Gasteiger partial charge on any atom is 0.305 e. The first-order chi connectivity index (χ1) is 19.4. The molecule has 240 valence electrons. The highest BCUT2D eigenvalue weighted by atomic mass is 16.4. The molecule has 0 aromatic heterocycles. The van der Waals surface area contributed by atoms with Gasteiger partial charge in [0, 0.05) is 37.5 Å². The van der Waals surface area contributed by atoms with Gasteiger partial charge in [-0.2, -0.15) is 0 Å². The van der Waals surface area contributed by atoms with Crippen molar-refractivity contribution in [1.29, 1.82) is 0 Å². The van der Waals surface area contributed by atoms with Crippen LogP contribution in [0.4, 0.5) is 0 Å². The number of nitrogens with zero attached hydrogens (tertiary/aromatic N) is 1. The van der Waals surface area contributed by atoms with Gasteiger partial charge in [-0.15, -0.1) is 0 Å². The second-order valence-electron chi connectivity index (χ2n) is 12.0. The van der Waals surface area contributed by atoms with Gasteiger partial charge in [0.05, 0.1) is 24.6 Å². The number of aliphatic hydroxyl groups is 1. The molecule has 4 amide bonds. The second kappa shape index (κ2) is 16.5. The molecular weight excluding hydrogens is 548 g/mol. The molecule has 0 unspecified atom stereocenters. The maximum absolute atomic E-state index is 13.3. The smallest absolute Gasteiger partial charge is 0.305 e. The summed E-state index contributed by atoms with van der Waals surface area (Å²) in [5, 5.41) is 30.4. The largest absolute Gasteiger partial charge is 0.481 e. The molecule has 0 aromatic rings. The Morgan fingerprint density at radius 3 is 1.88 bits per heavy atom. The Labute approximate surface area is 247 Å². The van der Waals surface area contributed by atoms with Crippen molar-refractivity contribution in [3.8, 4) is 0 Å². The Morgan fingerprint density at radius 2 is 1.45 bits per heavy atom. The first-order valence-corrected chi connectivity index (χ1v) is 14.6. The number of nitrogens with two attached hydrogens (primary N) is 1. The molecule has 0 spiro atoms. The van der Waals surface area contributed by atoms with Crippen LogP contribution >= 0.6 is 0 Å². The Morgan fingerprint density at radius 1 is 0.881 bits per heavy atom. The fourth-order valence-corrected chi connectivity index (χ4v) is 5.03. The van der Waals surface area contributed by atoms with E-state index in [0.29, 0.717) is 0 Å². The van der Waals surface area contributed by atoms with Crippen molar-refractivity contribution < 1.29 is 39.0 Å². The highest BCUT2D eigenvalue weighted by Gasteiger charge is 2.44. The lowest BCUT2D eigenvalue weighted by atomic mass is 9.85. The van der Waals surface area contributed by atoms with E-state index in [1.807, 2.05) is 13.8 Å². The monoisotopic (exact) mass is 598 g/mol. The van der Waals surface area contributed by atoms with E-state index < -0.39 is 65.8 Å². The van der Waals surface area contributed by atoms with E-state index >= 15 is 0 Å². The van der Waals surface area contributed by atoms with Crippen LogP contribution in [0, 0.1) is 5.92 Å². The average molecular weight is 599 g/mol. The fraction of sp³-hybridized carbons (Fsp3) is 0.786. The number of carboxylic acid groups (broad SMARTS) is 1. The van der Waals surface area contributed by atoms with E-state index in [2.05, 4.69) is 21.3 Å². The highest BCUT2D eigenvalue weighted by molar-refractivity contribution is 5.94. The average Bonchev–Trinajstić information content (AvgIpc) is 2.87. The summed E-state index contributed by atoms with van der Waals surface area (Å²) in [4.78, 5) is 76.8. The van der Waals surface area contributed by atoms with Crippen molar-refractivity contribution in [2.75, 3.05) is 13.1 Å². The Balaban J connectivity index is 2.95. The van der Waals surface area contributed by atoms with E-state index in [1.54, 1.807) is 32.6 Å². The lowest BCUT2D eigenvalue weighted by molar-refractivity contribution is -0.140. The quantitative estimate of drug-likeness (QED) is 0.109. The standard InChI is InChI=1S/C28H50N6O8/c1-15(2)24(39)19(31-26(41)20(14-22(37)38)30-16(3)4)8-9-21(36)34-12-10-28(11-13-34,33-17(5)6)27(42)32-23(18(7)35)25(29)40/h15-20,23,30,33,35H,8-14H2,1-7H3,(H2,29,40)(H,31,41)(H,32,42)(H,37,38)/t18-,19+,20+,23+/m1/s1. The summed E-state index contributed by atoms with van der Waals surface area (Å²) >= 11 is 0. The molecule has 1 saturated heterocycles. The summed E-state index contributed by atoms with van der Waals surface area (Å²) in [7, 11) is 0. The van der Waals surface area contributed by atoms with Gasteiger partial charge in [0.1, 0.15) is 11.6 Å². The van der Waals surface area contributed by atoms with Gasteiger partial charge in [-0.25, -0.2) is 0 Å². The number of hydrogen-bond donors (Lipinski definition) is 7. The molecule has 4 atom stereocenters. The number of piperidine rings is 1. The van der Waals surface area contributed by atoms with Crippen LogP contribution in [-0.4, -0.2) is 105 Å². The third kappa shape index (κ3) is 11.3. The van der Waals surface area contributed by atoms with Gasteiger partial charge in [-0.05, 0) is 40.0 Å². The third-order valence-corrected chi connectivity index (χ3v) is 7.15. The van der Waals surface area contributed by atoms with Gasteiger partial charge in [0.2, 0.25) is 23.6 Å². The van der Waals surface area contributed by atoms with Crippen molar-refractivity contribution in [3.63, 3.8) is 0 Å². The van der Waals surface area contributed by atoms with Gasteiger partial charge in [0.15, 0.2) is 5.78 Å². The molecule has 42 heavy (non-hydrogen) atoms. The first kappa shape index (κ1) is 36.9. The number of rotatable bonds is 17. The van der Waals surface area contributed by atoms with Crippen LogP contribution in [0.25, 0.3) is 0 Å². The number of primary amides is 1. The summed E-state index contributed by atoms with van der Waals surface area (Å²) in [6.45, 7) is 12.4. The van der Waals surface area contributed by atoms with Gasteiger partial charge in [-0.3, -0.25) is 28.8 Å². The predicted octanol–water partition coefficient (Wildman–Crippen LogP) is -0.972. The molecular formula is C28H50N6O8. The highest BCUT2D eigenvalue weighted by Crippen LogP contribution is 2.25. The molecule has 0 saturated carbocycles. The van der Waals surface area contributed by atoms with Gasteiger partial charge >= 0.3 is 5.97 Å². The van der Waals surface area contributed by atoms with Crippen LogP contribution in [0.15, 0.2) is 0 Å². The molecule has 0 bridgehead atoms. The number of hydrogen-bond acceptors (Lipinski definition) is 9. The lowest BCUT2D eigenvalue weighted by Gasteiger charge is -2.43. The van der Waals surface area contributed by atoms with Crippen molar-refractivity contribution in [1.82, 2.24) is 26.2 Å². The number of nitrogens with one attached hydrogen (secondary N) is 4. The normalized spacial score (nSPS) is 17.8. The van der Waals surface area contributed by atoms with Crippen LogP contribution < -0.4 is 27.0 Å². The third-order valence-electron chi connectivity index (χ3n) is 7.15. The Kier molecular flexibility index (Phi) is 14.5. The van der Waals surface area contributed by atoms with Gasteiger partial charge in [0.25, 0.3) is 0 Å². The number of amides is 4. The number of aliphatic carboxylic acids is 1. The zero-order chi connectivity index (χ0) is 32.4. The van der Waals surface area contributed by atoms with E-state index in [9.17, 15) is 39.0 Å². The van der Waals surface area contributed by atoms with Crippen LogP contribution in [0.1, 0.15) is 80.6 Å². The summed E-state index contributed by atoms with van der Waals surface area (Å²) in [6.07, 6.45) is -1.20. The molecule has 1 rings (SSSR count). The second-order valence-corrected chi connectivity index (χ2v) is 12.0. The summed E-state index contributed by atoms with van der Waals surface area (Å²) in [5.41, 5.74) is 4.24. The zero-order valence-electron chi connectivity index (χ0n) is 25.9. The molecule has 1 aliphatic heterocycles. The molecule has 14 nitrogen and oxygen atoms in total. The number of ketones is 1. The van der Waals surface area contributed by atoms with E-state index in [-0.39, 0.29) is 62.5 Å². The molecule has 1 aliphatic rings. The summed E-state index contributed by atoms with van der Waals surface area (Å²) in [6, 6.07) is -3.56. The fourth-order valence-electron chi connectivity index (χ4n) is 5.03. The molecule has 1 heterocycles. The number of Topliss-reactive ketones (excluding diaryl/α,β-unsaturated/α-hetero) is 1. The number of likely N-dealkylation sites (tertiary alicyclic amines) is 1. The van der Waals surface area contributed by atoms with Crippen molar-refractivity contribution >= 4 is 35.4 Å². The topological polar surface area (TPSA) is 220 Å². The zero-order valence-corrected chi connectivity index (χ0v) is 25.9. The molecule has 1 fully saturated rings. The van der Waals surface area contributed by atoms with E-state index in [0.717, 1.165) is 0 Å². The minimum Gasteiger partial charge on any atom is -0.481 e. The lowest BCUT2D eigenvalue weighted by Crippen LogP contribution is -2.66. The minimum atomic E-state index is -1.26. The number of carbonyl (C=O) groups excluding carboxylic acids is 5. The number of aliphatic hydroxyl groups excluding tert-OH is 1. The van der Waals surface area contributed by atoms with Crippen molar-refractivity contribution in [2.24, 2.45) is 11.7 Å². The maximum atomic E-state index is 13.3. The molecule has 0 radical (unpaired) electrons. The molecule has 0 aliphatic carbocycles. The van der Waals surface area contributed by atoms with E-state index in [1.165, 1.54) is 6.92 Å². The first-order valence-electron chi connectivity index (χ1n) is 14.6. The van der Waals surface area contributed by atoms with Crippen molar-refractivity contribution in [3.05, 3.63) is 0 Å². The van der Waals surface area contributed by atoms with Gasteiger partial charge < -0.3 is 42.1 Å². The molecule has 0 aromatic carbocycles. The predicted molar refractivity (Wildman–Crippen MR) is 155 cm³/mol. The van der Waals surface area contributed by atoms with Crippen LogP contribution in [0.5, 0.6) is 0 Å². The number of carbonyl (C=O) groups is 6. The van der Waals surface area contributed by atoms with Crippen molar-refractivity contribution in [2.45, 2.75) is 122 Å². The number of carboxylic acids is 1. The van der Waals surface area contributed by atoms with Crippen LogP contribution in [0.2, 0.25) is 0 Å². The van der Waals surface area contributed by atoms with Crippen LogP contribution in [0.3, 0.4) is 0 Å². The summed E-state index contributed by atoms with van der Waals surface area (Å²) in [5.74, 6) is -4.11. The van der Waals surface area contributed by atoms with Gasteiger partial charge in [-0.1, -0.05) is 27.7 Å².